The molecule has 174 valence electrons. The summed E-state index contributed by atoms with van der Waals surface area (Å²) < 4.78 is 15.9. The minimum absolute atomic E-state index is 0.101. The van der Waals surface area contributed by atoms with Crippen LogP contribution in [0.4, 0.5) is 5.82 Å². The number of aromatic nitrogens is 4. The molecule has 2 aliphatic rings. The van der Waals surface area contributed by atoms with E-state index in [2.05, 4.69) is 29.8 Å². The van der Waals surface area contributed by atoms with Gasteiger partial charge in [0, 0.05) is 19.1 Å². The number of nitrogens with one attached hydrogen (secondary N) is 2. The molecule has 3 heterocycles. The van der Waals surface area contributed by atoms with Gasteiger partial charge in [0.15, 0.2) is 0 Å². The first-order valence-corrected chi connectivity index (χ1v) is 13.2. The number of hydrogen-bond donors (Lipinski definition) is 2. The van der Waals surface area contributed by atoms with Gasteiger partial charge in [-0.1, -0.05) is 29.8 Å². The number of aromatic amines is 1. The maximum Gasteiger partial charge on any atom is 0.284 e. The Labute approximate surface area is 199 Å². The van der Waals surface area contributed by atoms with E-state index in [9.17, 15) is 9.00 Å². The summed E-state index contributed by atoms with van der Waals surface area (Å²) in [5.41, 5.74) is -0.209. The van der Waals surface area contributed by atoms with Crippen LogP contribution in [0.1, 0.15) is 52.9 Å². The van der Waals surface area contributed by atoms with E-state index >= 15 is 0 Å². The summed E-state index contributed by atoms with van der Waals surface area (Å²) in [6.45, 7) is 7.86. The molecule has 1 aliphatic heterocycles. The van der Waals surface area contributed by atoms with Gasteiger partial charge in [0.1, 0.15) is 15.9 Å². The van der Waals surface area contributed by atoms with Crippen LogP contribution in [0.15, 0.2) is 33.3 Å². The molecule has 0 radical (unpaired) electrons. The maximum atomic E-state index is 12.7. The van der Waals surface area contributed by atoms with Crippen molar-refractivity contribution in [3.05, 3.63) is 34.0 Å². The van der Waals surface area contributed by atoms with Crippen molar-refractivity contribution < 1.29 is 4.21 Å². The van der Waals surface area contributed by atoms with Crippen LogP contribution in [0.3, 0.4) is 0 Å². The van der Waals surface area contributed by atoms with Gasteiger partial charge in [-0.2, -0.15) is 5.10 Å². The second-order valence-electron chi connectivity index (χ2n) is 9.49. The van der Waals surface area contributed by atoms with Crippen LogP contribution in [0.2, 0.25) is 5.02 Å². The van der Waals surface area contributed by atoms with E-state index in [4.69, 9.17) is 11.6 Å². The van der Waals surface area contributed by atoms with Gasteiger partial charge in [-0.3, -0.25) is 4.79 Å². The first-order valence-electron chi connectivity index (χ1n) is 10.8. The zero-order chi connectivity index (χ0) is 22.9. The predicted molar refractivity (Wildman–Crippen MR) is 129 cm³/mol. The molecule has 0 bridgehead atoms. The van der Waals surface area contributed by atoms with Crippen molar-refractivity contribution in [1.82, 2.24) is 24.9 Å². The summed E-state index contributed by atoms with van der Waals surface area (Å²) in [6.07, 6.45) is 10.6. The fourth-order valence-corrected chi connectivity index (χ4v) is 6.39. The van der Waals surface area contributed by atoms with E-state index in [0.29, 0.717) is 16.0 Å². The van der Waals surface area contributed by atoms with E-state index < -0.39 is 16.5 Å². The summed E-state index contributed by atoms with van der Waals surface area (Å²) in [6, 6.07) is 0.307. The third-order valence-electron chi connectivity index (χ3n) is 6.39. The van der Waals surface area contributed by atoms with Crippen molar-refractivity contribution in [2.45, 2.75) is 73.6 Å². The summed E-state index contributed by atoms with van der Waals surface area (Å²) in [5.74, 6) is 0.847. The fourth-order valence-electron chi connectivity index (χ4n) is 4.48. The highest BCUT2D eigenvalue weighted by molar-refractivity contribution is 7.99. The monoisotopic (exact) mass is 496 g/mol. The molecule has 0 aromatic carbocycles. The first kappa shape index (κ1) is 23.7. The van der Waals surface area contributed by atoms with Gasteiger partial charge in [0.05, 0.1) is 39.2 Å². The summed E-state index contributed by atoms with van der Waals surface area (Å²) in [5, 5.41) is 6.84. The van der Waals surface area contributed by atoms with Crippen molar-refractivity contribution in [2.75, 3.05) is 18.0 Å². The van der Waals surface area contributed by atoms with Crippen LogP contribution in [0.25, 0.3) is 0 Å². The highest BCUT2D eigenvalue weighted by Crippen LogP contribution is 2.47. The standard InChI is InChI=1S/C21H29ClN6O2S2/c1-20(2,3)32(30)27-15-5-4-6-21(15)7-9-28(10-8-21)16-12-24-17(13-23-16)31-14-11-25-26-19(29)18(14)22/h11-13,15,27H,4-10H2,1-3H3,(H,26,29)/t15-,32-/m1/s1. The normalized spacial score (nSPS) is 21.8. The SMILES string of the molecule is CC(C)(C)[S@@](=O)N[C@@H]1CCCC12CCN(c1cnc(Sc3cn[nH]c(=O)c3Cl)cn1)CC2. The Morgan fingerprint density at radius 3 is 2.62 bits per heavy atom. The van der Waals surface area contributed by atoms with Crippen LogP contribution in [-0.2, 0) is 11.0 Å². The molecule has 4 rings (SSSR count). The molecule has 32 heavy (non-hydrogen) atoms. The fraction of sp³-hybridized carbons (Fsp3) is 0.619. The smallest absolute Gasteiger partial charge is 0.284 e. The molecule has 0 unspecified atom stereocenters. The number of piperidine rings is 1. The summed E-state index contributed by atoms with van der Waals surface area (Å²) >= 11 is 7.30. The first-order chi connectivity index (χ1) is 15.2. The molecule has 0 amide bonds. The molecule has 2 fully saturated rings. The number of halogens is 1. The van der Waals surface area contributed by atoms with E-state index in [1.54, 1.807) is 12.4 Å². The molecule has 8 nitrogen and oxygen atoms in total. The van der Waals surface area contributed by atoms with Crippen molar-refractivity contribution in [3.63, 3.8) is 0 Å². The Bertz CT molecular complexity index is 1030. The topological polar surface area (TPSA) is 104 Å². The molecular formula is C21H29ClN6O2S2. The number of anilines is 1. The van der Waals surface area contributed by atoms with Crippen molar-refractivity contribution >= 4 is 40.2 Å². The van der Waals surface area contributed by atoms with Gasteiger partial charge in [-0.15, -0.1) is 0 Å². The van der Waals surface area contributed by atoms with Crippen LogP contribution in [0.5, 0.6) is 0 Å². The lowest BCUT2D eigenvalue weighted by molar-refractivity contribution is 0.188. The molecule has 1 spiro atoms. The molecule has 2 atom stereocenters. The number of hydrogen-bond acceptors (Lipinski definition) is 7. The zero-order valence-corrected chi connectivity index (χ0v) is 20.9. The van der Waals surface area contributed by atoms with E-state index in [1.165, 1.54) is 30.8 Å². The van der Waals surface area contributed by atoms with Crippen LogP contribution < -0.4 is 15.2 Å². The van der Waals surface area contributed by atoms with Crippen molar-refractivity contribution in [1.29, 1.82) is 0 Å². The largest absolute Gasteiger partial charge is 0.355 e. The second-order valence-corrected chi connectivity index (χ2v) is 12.9. The lowest BCUT2D eigenvalue weighted by Crippen LogP contribution is -2.51. The van der Waals surface area contributed by atoms with Gasteiger partial charge in [-0.25, -0.2) is 24.0 Å². The molecule has 2 aromatic heterocycles. The average molecular weight is 497 g/mol. The maximum absolute atomic E-state index is 12.7. The number of H-pyrrole nitrogens is 1. The lowest BCUT2D eigenvalue weighted by atomic mass is 9.74. The van der Waals surface area contributed by atoms with Gasteiger partial charge < -0.3 is 4.90 Å². The quantitative estimate of drug-likeness (QED) is 0.652. The van der Waals surface area contributed by atoms with Crippen LogP contribution >= 0.6 is 23.4 Å². The Hall–Kier alpha value is -1.49. The Kier molecular flexibility index (Phi) is 6.95. The molecular weight excluding hydrogens is 468 g/mol. The Morgan fingerprint density at radius 2 is 1.97 bits per heavy atom. The molecule has 2 N–H and O–H groups in total. The second kappa shape index (κ2) is 9.40. The third-order valence-corrected chi connectivity index (χ3v) is 9.44. The van der Waals surface area contributed by atoms with Gasteiger partial charge in [0.2, 0.25) is 0 Å². The highest BCUT2D eigenvalue weighted by Gasteiger charge is 2.46. The zero-order valence-electron chi connectivity index (χ0n) is 18.6. The van der Waals surface area contributed by atoms with Crippen molar-refractivity contribution in [2.24, 2.45) is 5.41 Å². The lowest BCUT2D eigenvalue weighted by Gasteiger charge is -2.44. The van der Waals surface area contributed by atoms with E-state index in [0.717, 1.165) is 38.2 Å². The summed E-state index contributed by atoms with van der Waals surface area (Å²) in [4.78, 5) is 23.5. The van der Waals surface area contributed by atoms with E-state index in [-0.39, 0.29) is 15.2 Å². The minimum Gasteiger partial charge on any atom is -0.355 e. The molecule has 1 aliphatic carbocycles. The average Bonchev–Trinajstić information content (AvgIpc) is 3.13. The van der Waals surface area contributed by atoms with Crippen LogP contribution in [0, 0.1) is 5.41 Å². The molecule has 1 saturated carbocycles. The highest BCUT2D eigenvalue weighted by atomic mass is 35.5. The van der Waals surface area contributed by atoms with Gasteiger partial charge in [0.25, 0.3) is 5.56 Å². The van der Waals surface area contributed by atoms with Gasteiger partial charge >= 0.3 is 0 Å². The summed E-state index contributed by atoms with van der Waals surface area (Å²) in [7, 11) is -1.05. The number of rotatable bonds is 5. The van der Waals surface area contributed by atoms with Gasteiger partial charge in [-0.05, 0) is 51.9 Å². The third kappa shape index (κ3) is 5.03. The Morgan fingerprint density at radius 1 is 1.22 bits per heavy atom. The predicted octanol–water partition coefficient (Wildman–Crippen LogP) is 3.56. The van der Waals surface area contributed by atoms with Crippen molar-refractivity contribution in [3.8, 4) is 0 Å². The molecule has 1 saturated heterocycles. The number of nitrogens with zero attached hydrogens (tertiary/aromatic N) is 4. The van der Waals surface area contributed by atoms with Crippen LogP contribution in [-0.4, -0.2) is 48.3 Å². The Balaban J connectivity index is 1.38. The van der Waals surface area contributed by atoms with E-state index in [1.807, 2.05) is 20.8 Å². The minimum atomic E-state index is -1.05. The molecule has 2 aromatic rings. The molecule has 11 heteroatoms.